The summed E-state index contributed by atoms with van der Waals surface area (Å²) in [5.41, 5.74) is 2.44. The minimum Gasteiger partial charge on any atom is -0.495 e. The van der Waals surface area contributed by atoms with Gasteiger partial charge in [-0.1, -0.05) is 6.07 Å². The molecule has 140 valence electrons. The molecule has 0 aliphatic rings. The Balaban J connectivity index is 2.09. The number of hydrogen-bond donors (Lipinski definition) is 2. The number of benzene rings is 2. The predicted molar refractivity (Wildman–Crippen MR) is 99.7 cm³/mol. The number of rotatable bonds is 7. The molecule has 0 unspecified atom stereocenters. The molecule has 2 aromatic rings. The fourth-order valence-electron chi connectivity index (χ4n) is 2.51. The molecule has 0 saturated carbocycles. The van der Waals surface area contributed by atoms with Crippen LogP contribution in [0.25, 0.3) is 0 Å². The number of urea groups is 1. The average molecular weight is 360 g/mol. The number of methoxy groups -OCH3 is 4. The lowest BCUT2D eigenvalue weighted by atomic mass is 10.2. The Hall–Kier alpha value is -3.09. The Bertz CT molecular complexity index is 752. The van der Waals surface area contributed by atoms with E-state index >= 15 is 0 Å². The average Bonchev–Trinajstić information content (AvgIpc) is 2.65. The largest absolute Gasteiger partial charge is 0.495 e. The molecule has 0 heterocycles. The van der Waals surface area contributed by atoms with Crippen LogP contribution in [-0.2, 0) is 6.54 Å². The highest BCUT2D eigenvalue weighted by Crippen LogP contribution is 2.38. The van der Waals surface area contributed by atoms with Crippen LogP contribution in [0.4, 0.5) is 10.5 Å². The Labute approximate surface area is 153 Å². The molecule has 26 heavy (non-hydrogen) atoms. The van der Waals surface area contributed by atoms with Gasteiger partial charge in [0, 0.05) is 6.54 Å². The quantitative estimate of drug-likeness (QED) is 0.792. The molecule has 2 aromatic carbocycles. The second-order valence-electron chi connectivity index (χ2n) is 5.55. The van der Waals surface area contributed by atoms with E-state index in [-0.39, 0.29) is 12.6 Å². The van der Waals surface area contributed by atoms with Crippen LogP contribution in [0.2, 0.25) is 0 Å². The van der Waals surface area contributed by atoms with Gasteiger partial charge in [-0.25, -0.2) is 4.79 Å². The van der Waals surface area contributed by atoms with E-state index in [1.807, 2.05) is 25.1 Å². The van der Waals surface area contributed by atoms with Gasteiger partial charge in [0.15, 0.2) is 11.5 Å². The summed E-state index contributed by atoms with van der Waals surface area (Å²) in [4.78, 5) is 12.2. The van der Waals surface area contributed by atoms with E-state index in [1.165, 1.54) is 0 Å². The van der Waals surface area contributed by atoms with Crippen molar-refractivity contribution in [3.63, 3.8) is 0 Å². The Morgan fingerprint density at radius 2 is 1.50 bits per heavy atom. The van der Waals surface area contributed by atoms with Gasteiger partial charge in [0.2, 0.25) is 5.75 Å². The van der Waals surface area contributed by atoms with E-state index in [4.69, 9.17) is 18.9 Å². The standard InChI is InChI=1S/C19H24N2O5/c1-12-6-7-15(23-2)14(8-12)21-19(22)20-11-13-9-16(24-3)18(26-5)17(10-13)25-4/h6-10H,11H2,1-5H3,(H2,20,21,22). The van der Waals surface area contributed by atoms with Crippen molar-refractivity contribution in [1.82, 2.24) is 5.32 Å². The molecule has 0 aliphatic carbocycles. The van der Waals surface area contributed by atoms with E-state index in [9.17, 15) is 4.79 Å². The number of ether oxygens (including phenoxy) is 4. The molecule has 2 rings (SSSR count). The van der Waals surface area contributed by atoms with E-state index in [2.05, 4.69) is 10.6 Å². The highest BCUT2D eigenvalue weighted by Gasteiger charge is 2.14. The number of carbonyl (C=O) groups excluding carboxylic acids is 1. The van der Waals surface area contributed by atoms with Crippen molar-refractivity contribution in [3.05, 3.63) is 41.5 Å². The minimum atomic E-state index is -0.345. The zero-order chi connectivity index (χ0) is 19.1. The first-order chi connectivity index (χ1) is 12.5. The maximum absolute atomic E-state index is 12.2. The van der Waals surface area contributed by atoms with Crippen LogP contribution in [0.3, 0.4) is 0 Å². The lowest BCUT2D eigenvalue weighted by molar-refractivity contribution is 0.251. The summed E-state index contributed by atoms with van der Waals surface area (Å²) in [5.74, 6) is 2.17. The lowest BCUT2D eigenvalue weighted by Crippen LogP contribution is -2.28. The highest BCUT2D eigenvalue weighted by molar-refractivity contribution is 5.91. The van der Waals surface area contributed by atoms with Gasteiger partial charge < -0.3 is 29.6 Å². The number of nitrogens with one attached hydrogen (secondary N) is 2. The van der Waals surface area contributed by atoms with Crippen molar-refractivity contribution in [2.45, 2.75) is 13.5 Å². The van der Waals surface area contributed by atoms with E-state index in [0.717, 1.165) is 11.1 Å². The van der Waals surface area contributed by atoms with E-state index in [1.54, 1.807) is 40.6 Å². The van der Waals surface area contributed by atoms with E-state index < -0.39 is 0 Å². The van der Waals surface area contributed by atoms with Crippen LogP contribution in [0.15, 0.2) is 30.3 Å². The molecule has 7 heteroatoms. The van der Waals surface area contributed by atoms with Gasteiger partial charge in [0.25, 0.3) is 0 Å². The zero-order valence-corrected chi connectivity index (χ0v) is 15.6. The second-order valence-corrected chi connectivity index (χ2v) is 5.55. The molecule has 0 bridgehead atoms. The van der Waals surface area contributed by atoms with Gasteiger partial charge in [0.05, 0.1) is 34.1 Å². The van der Waals surface area contributed by atoms with Gasteiger partial charge >= 0.3 is 6.03 Å². The monoisotopic (exact) mass is 360 g/mol. The van der Waals surface area contributed by atoms with Gasteiger partial charge in [0.1, 0.15) is 5.75 Å². The van der Waals surface area contributed by atoms with Gasteiger partial charge in [-0.2, -0.15) is 0 Å². The van der Waals surface area contributed by atoms with Gasteiger partial charge in [-0.3, -0.25) is 0 Å². The molecule has 0 aromatic heterocycles. The smallest absolute Gasteiger partial charge is 0.319 e. The van der Waals surface area contributed by atoms with Crippen molar-refractivity contribution in [3.8, 4) is 23.0 Å². The normalized spacial score (nSPS) is 10.0. The van der Waals surface area contributed by atoms with Crippen LogP contribution >= 0.6 is 0 Å². The fraction of sp³-hybridized carbons (Fsp3) is 0.316. The Morgan fingerprint density at radius 1 is 0.885 bits per heavy atom. The topological polar surface area (TPSA) is 78.1 Å². The molecule has 2 amide bonds. The number of carbonyl (C=O) groups is 1. The highest BCUT2D eigenvalue weighted by atomic mass is 16.5. The molecule has 7 nitrogen and oxygen atoms in total. The Kier molecular flexibility index (Phi) is 6.54. The number of anilines is 1. The van der Waals surface area contributed by atoms with Crippen LogP contribution in [0.5, 0.6) is 23.0 Å². The van der Waals surface area contributed by atoms with Gasteiger partial charge in [-0.15, -0.1) is 0 Å². The number of hydrogen-bond acceptors (Lipinski definition) is 5. The van der Waals surface area contributed by atoms with Crippen molar-refractivity contribution < 1.29 is 23.7 Å². The predicted octanol–water partition coefficient (Wildman–Crippen LogP) is 3.35. The van der Waals surface area contributed by atoms with Crippen molar-refractivity contribution in [2.75, 3.05) is 33.8 Å². The Morgan fingerprint density at radius 3 is 2.04 bits per heavy atom. The van der Waals surface area contributed by atoms with Crippen molar-refractivity contribution in [1.29, 1.82) is 0 Å². The first-order valence-electron chi connectivity index (χ1n) is 8.00. The molecule has 0 spiro atoms. The molecule has 0 saturated heterocycles. The van der Waals surface area contributed by atoms with Crippen molar-refractivity contribution in [2.24, 2.45) is 0 Å². The summed E-state index contributed by atoms with van der Waals surface area (Å²) < 4.78 is 21.2. The van der Waals surface area contributed by atoms with E-state index in [0.29, 0.717) is 28.7 Å². The first kappa shape index (κ1) is 19.2. The maximum Gasteiger partial charge on any atom is 0.319 e. The molecular weight excluding hydrogens is 336 g/mol. The summed E-state index contributed by atoms with van der Waals surface area (Å²) in [7, 11) is 6.20. The minimum absolute atomic E-state index is 0.288. The fourth-order valence-corrected chi connectivity index (χ4v) is 2.51. The van der Waals surface area contributed by atoms with Gasteiger partial charge in [-0.05, 0) is 42.3 Å². The third-order valence-electron chi connectivity index (χ3n) is 3.78. The summed E-state index contributed by atoms with van der Waals surface area (Å²) in [5, 5.41) is 5.59. The summed E-state index contributed by atoms with van der Waals surface area (Å²) in [6, 6.07) is 8.80. The third kappa shape index (κ3) is 4.50. The maximum atomic E-state index is 12.2. The molecular formula is C19H24N2O5. The molecule has 0 radical (unpaired) electrons. The van der Waals surface area contributed by atoms with Crippen LogP contribution < -0.4 is 29.6 Å². The van der Waals surface area contributed by atoms with Crippen LogP contribution in [0, 0.1) is 6.92 Å². The van der Waals surface area contributed by atoms with Crippen molar-refractivity contribution >= 4 is 11.7 Å². The number of aryl methyl sites for hydroxylation is 1. The second kappa shape index (κ2) is 8.84. The molecule has 2 N–H and O–H groups in total. The molecule has 0 aliphatic heterocycles. The SMILES string of the molecule is COc1ccc(C)cc1NC(=O)NCc1cc(OC)c(OC)c(OC)c1. The summed E-state index contributed by atoms with van der Waals surface area (Å²) in [6.45, 7) is 2.23. The van der Waals surface area contributed by atoms with Crippen LogP contribution in [0.1, 0.15) is 11.1 Å². The summed E-state index contributed by atoms with van der Waals surface area (Å²) >= 11 is 0. The third-order valence-corrected chi connectivity index (χ3v) is 3.78. The first-order valence-corrected chi connectivity index (χ1v) is 8.00. The number of amides is 2. The van der Waals surface area contributed by atoms with Crippen LogP contribution in [-0.4, -0.2) is 34.5 Å². The lowest BCUT2D eigenvalue weighted by Gasteiger charge is -2.15. The zero-order valence-electron chi connectivity index (χ0n) is 15.6. The molecule has 0 atom stereocenters. The summed E-state index contributed by atoms with van der Waals surface area (Å²) in [6.07, 6.45) is 0. The molecule has 0 fully saturated rings.